The summed E-state index contributed by atoms with van der Waals surface area (Å²) in [6, 6.07) is 0. The molecule has 0 saturated carbocycles. The normalized spacial score (nSPS) is 11.4. The van der Waals surface area contributed by atoms with Crippen molar-refractivity contribution < 1.29 is 14.3 Å². The molecule has 6 heteroatoms. The Balaban J connectivity index is 4.09. The highest BCUT2D eigenvalue weighted by Crippen LogP contribution is 2.19. The molecule has 13 heavy (non-hydrogen) atoms. The molecule has 0 saturated heterocycles. The van der Waals surface area contributed by atoms with Crippen LogP contribution in [0.2, 0.25) is 0 Å². The number of halogens is 2. The lowest BCUT2D eigenvalue weighted by atomic mass is 10.6. The summed E-state index contributed by atoms with van der Waals surface area (Å²) in [6.45, 7) is 0. The third kappa shape index (κ3) is 6.42. The van der Waals surface area contributed by atoms with Crippen LogP contribution in [-0.4, -0.2) is 35.8 Å². The number of nitrogens with zero attached hydrogens (tertiary/aromatic N) is 1. The fraction of sp³-hybridized carbons (Fsp3) is 0.429. The van der Waals surface area contributed by atoms with Gasteiger partial charge in [0.05, 0.1) is 0 Å². The quantitative estimate of drug-likeness (QED) is 0.309. The second-order valence-electron chi connectivity index (χ2n) is 2.38. The van der Waals surface area contributed by atoms with Crippen molar-refractivity contribution in [3.63, 3.8) is 0 Å². The van der Waals surface area contributed by atoms with Gasteiger partial charge in [-0.05, 0) is 23.2 Å². The van der Waals surface area contributed by atoms with Gasteiger partial charge in [0.25, 0.3) is 0 Å². The summed E-state index contributed by atoms with van der Waals surface area (Å²) in [7, 11) is 3.44. The van der Waals surface area contributed by atoms with Gasteiger partial charge in [-0.15, -0.1) is 0 Å². The van der Waals surface area contributed by atoms with Gasteiger partial charge in [-0.2, -0.15) is 0 Å². The lowest BCUT2D eigenvalue weighted by molar-refractivity contribution is -0.144. The number of carbonyl (C=O) groups is 2. The first-order valence-corrected chi connectivity index (χ1v) is 4.05. The molecule has 4 nitrogen and oxygen atoms in total. The van der Waals surface area contributed by atoms with Crippen molar-refractivity contribution in [2.45, 2.75) is 4.52 Å². The van der Waals surface area contributed by atoms with Gasteiger partial charge in [-0.3, -0.25) is 4.79 Å². The molecule has 0 aromatic heterocycles. The van der Waals surface area contributed by atoms with Crippen LogP contribution in [0.5, 0.6) is 0 Å². The number of hydrogen-bond donors (Lipinski definition) is 0. The zero-order chi connectivity index (χ0) is 10.5. The van der Waals surface area contributed by atoms with E-state index in [2.05, 4.69) is 4.74 Å². The molecule has 0 unspecified atom stereocenters. The van der Waals surface area contributed by atoms with Gasteiger partial charge in [0.1, 0.15) is 0 Å². The first-order valence-electron chi connectivity index (χ1n) is 3.29. The summed E-state index contributed by atoms with van der Waals surface area (Å²) < 4.78 is 2.24. The van der Waals surface area contributed by atoms with Crippen LogP contribution in [0.15, 0.2) is 12.3 Å². The van der Waals surface area contributed by atoms with Gasteiger partial charge in [0.2, 0.25) is 0 Å². The van der Waals surface area contributed by atoms with Crippen molar-refractivity contribution in [1.29, 1.82) is 0 Å². The first-order chi connectivity index (χ1) is 5.87. The van der Waals surface area contributed by atoms with E-state index in [-0.39, 0.29) is 6.29 Å². The Kier molecular flexibility index (Phi) is 4.80. The van der Waals surface area contributed by atoms with E-state index < -0.39 is 10.5 Å². The van der Waals surface area contributed by atoms with Crippen LogP contribution in [0.4, 0.5) is 0 Å². The van der Waals surface area contributed by atoms with Crippen LogP contribution in [0.3, 0.4) is 0 Å². The molecule has 0 aliphatic heterocycles. The highest BCUT2D eigenvalue weighted by atomic mass is 35.5. The summed E-state index contributed by atoms with van der Waals surface area (Å²) in [5.41, 5.74) is 0. The van der Waals surface area contributed by atoms with Crippen molar-refractivity contribution in [3.8, 4) is 0 Å². The van der Waals surface area contributed by atoms with E-state index in [1.807, 2.05) is 0 Å². The number of hydrogen-bond acceptors (Lipinski definition) is 4. The molecule has 0 aliphatic rings. The molecule has 0 aromatic rings. The molecule has 0 N–H and O–H groups in total. The number of ether oxygens (including phenoxy) is 1. The molecule has 0 aliphatic carbocycles. The minimum Gasteiger partial charge on any atom is -0.418 e. The Morgan fingerprint density at radius 1 is 1.46 bits per heavy atom. The molecule has 0 radical (unpaired) electrons. The van der Waals surface area contributed by atoms with Crippen molar-refractivity contribution in [2.75, 3.05) is 14.1 Å². The van der Waals surface area contributed by atoms with Crippen molar-refractivity contribution >= 4 is 35.5 Å². The number of esters is 1. The average molecular weight is 226 g/mol. The predicted octanol–water partition coefficient (Wildman–Crippen LogP) is 0.935. The van der Waals surface area contributed by atoms with Crippen LogP contribution >= 0.6 is 23.2 Å². The van der Waals surface area contributed by atoms with Crippen LogP contribution in [0.25, 0.3) is 0 Å². The maximum Gasteiger partial charge on any atom is 0.335 e. The van der Waals surface area contributed by atoms with E-state index in [9.17, 15) is 9.59 Å². The van der Waals surface area contributed by atoms with E-state index in [1.165, 1.54) is 6.20 Å². The number of aldehydes is 1. The Morgan fingerprint density at radius 3 is 2.38 bits per heavy atom. The Morgan fingerprint density at radius 2 is 2.00 bits per heavy atom. The third-order valence-corrected chi connectivity index (χ3v) is 1.22. The van der Waals surface area contributed by atoms with Crippen LogP contribution < -0.4 is 0 Å². The van der Waals surface area contributed by atoms with Crippen LogP contribution in [0.1, 0.15) is 0 Å². The standard InChI is InChI=1S/C7H9Cl2NO3/c1-10(2)4-3-6(12)13-7(8,9)5-11/h3-5H,1-2H3. The topological polar surface area (TPSA) is 46.6 Å². The van der Waals surface area contributed by atoms with Crippen molar-refractivity contribution in [3.05, 3.63) is 12.3 Å². The van der Waals surface area contributed by atoms with E-state index in [1.54, 1.807) is 19.0 Å². The molecule has 0 rings (SSSR count). The Hall–Kier alpha value is -0.740. The second-order valence-corrected chi connectivity index (χ2v) is 3.70. The largest absolute Gasteiger partial charge is 0.418 e. The SMILES string of the molecule is CN(C)C=CC(=O)OC(Cl)(Cl)C=O. The third-order valence-electron chi connectivity index (χ3n) is 0.883. The predicted molar refractivity (Wildman–Crippen MR) is 49.4 cm³/mol. The van der Waals surface area contributed by atoms with E-state index >= 15 is 0 Å². The molecule has 0 spiro atoms. The van der Waals surface area contributed by atoms with Gasteiger partial charge in [0, 0.05) is 26.4 Å². The second kappa shape index (κ2) is 5.09. The molecule has 74 valence electrons. The van der Waals surface area contributed by atoms with Gasteiger partial charge < -0.3 is 9.64 Å². The highest BCUT2D eigenvalue weighted by Gasteiger charge is 2.26. The maximum atomic E-state index is 10.9. The molecular formula is C7H9Cl2NO3. The molecular weight excluding hydrogens is 217 g/mol. The summed E-state index contributed by atoms with van der Waals surface area (Å²) >= 11 is 10.5. The minimum absolute atomic E-state index is 0.123. The summed E-state index contributed by atoms with van der Waals surface area (Å²) in [6.07, 6.45) is 2.66. The monoisotopic (exact) mass is 225 g/mol. The Bertz CT molecular complexity index is 226. The molecule has 0 aromatic carbocycles. The number of carbonyl (C=O) groups excluding carboxylic acids is 2. The fourth-order valence-electron chi connectivity index (χ4n) is 0.402. The zero-order valence-electron chi connectivity index (χ0n) is 7.16. The maximum absolute atomic E-state index is 10.9. The smallest absolute Gasteiger partial charge is 0.335 e. The van der Waals surface area contributed by atoms with Crippen LogP contribution in [-0.2, 0) is 14.3 Å². The zero-order valence-corrected chi connectivity index (χ0v) is 8.67. The van der Waals surface area contributed by atoms with Gasteiger partial charge in [0.15, 0.2) is 6.29 Å². The average Bonchev–Trinajstić information content (AvgIpc) is 2.00. The fourth-order valence-corrected chi connectivity index (χ4v) is 0.554. The summed E-state index contributed by atoms with van der Waals surface area (Å²) in [5, 5.41) is 0. The van der Waals surface area contributed by atoms with E-state index in [0.717, 1.165) is 6.08 Å². The first kappa shape index (κ1) is 12.3. The van der Waals surface area contributed by atoms with Crippen LogP contribution in [0, 0.1) is 0 Å². The molecule has 0 heterocycles. The number of alkyl halides is 2. The van der Waals surface area contributed by atoms with Gasteiger partial charge >= 0.3 is 10.5 Å². The highest BCUT2D eigenvalue weighted by molar-refractivity contribution is 6.54. The Labute approximate surface area is 86.0 Å². The summed E-state index contributed by atoms with van der Waals surface area (Å²) in [4.78, 5) is 22.6. The molecule has 0 amide bonds. The van der Waals surface area contributed by atoms with Crippen molar-refractivity contribution in [1.82, 2.24) is 4.90 Å². The number of rotatable bonds is 4. The molecule has 0 bridgehead atoms. The van der Waals surface area contributed by atoms with Crippen molar-refractivity contribution in [2.24, 2.45) is 0 Å². The van der Waals surface area contributed by atoms with E-state index in [4.69, 9.17) is 23.2 Å². The van der Waals surface area contributed by atoms with Gasteiger partial charge in [-0.1, -0.05) is 0 Å². The lowest BCUT2D eigenvalue weighted by Crippen LogP contribution is -2.23. The van der Waals surface area contributed by atoms with Gasteiger partial charge in [-0.25, -0.2) is 4.79 Å². The lowest BCUT2D eigenvalue weighted by Gasteiger charge is -2.11. The molecule has 0 atom stereocenters. The molecule has 0 fully saturated rings. The summed E-state index contributed by atoms with van der Waals surface area (Å²) in [5.74, 6) is -0.786. The van der Waals surface area contributed by atoms with E-state index in [0.29, 0.717) is 0 Å². The minimum atomic E-state index is -2.10.